The van der Waals surface area contributed by atoms with Crippen molar-refractivity contribution in [3.63, 3.8) is 0 Å². The molecule has 0 amide bonds. The van der Waals surface area contributed by atoms with E-state index in [0.29, 0.717) is 0 Å². The molecule has 0 aromatic carbocycles. The van der Waals surface area contributed by atoms with E-state index in [4.69, 9.17) is 0 Å². The second-order valence-electron chi connectivity index (χ2n) is 2.63. The molecule has 0 fully saturated rings. The zero-order chi connectivity index (χ0) is 9.97. The Kier molecular flexibility index (Phi) is 2.83. The Labute approximate surface area is 93.9 Å². The van der Waals surface area contributed by atoms with Crippen LogP contribution in [0.4, 0.5) is 0 Å². The Morgan fingerprint density at radius 3 is 2.93 bits per heavy atom. The summed E-state index contributed by atoms with van der Waals surface area (Å²) < 4.78 is 2.55. The molecule has 0 saturated heterocycles. The van der Waals surface area contributed by atoms with E-state index in [1.54, 1.807) is 22.6 Å². The lowest BCUT2D eigenvalue weighted by atomic mass is 10.7. The molecule has 2 aromatic rings. The number of halogens is 1. The first-order valence-electron chi connectivity index (χ1n) is 3.88. The normalized spacial score (nSPS) is 10.4. The van der Waals surface area contributed by atoms with Crippen LogP contribution in [0, 0.1) is 0 Å². The van der Waals surface area contributed by atoms with Gasteiger partial charge in [0.2, 0.25) is 0 Å². The van der Waals surface area contributed by atoms with Gasteiger partial charge in [0.1, 0.15) is 16.0 Å². The molecule has 0 aliphatic heterocycles. The van der Waals surface area contributed by atoms with E-state index in [0.717, 1.165) is 14.5 Å². The molecule has 2 aromatic heterocycles. The predicted molar refractivity (Wildman–Crippen MR) is 57.1 cm³/mol. The van der Waals surface area contributed by atoms with Crippen LogP contribution in [0.2, 0.25) is 0 Å². The minimum atomic E-state index is 0.791. The van der Waals surface area contributed by atoms with E-state index < -0.39 is 0 Å². The highest BCUT2D eigenvalue weighted by Crippen LogP contribution is 2.25. The second-order valence-corrected chi connectivity index (χ2v) is 4.54. The van der Waals surface area contributed by atoms with Crippen molar-refractivity contribution in [2.75, 3.05) is 0 Å². The van der Waals surface area contributed by atoms with Gasteiger partial charge < -0.3 is 0 Å². The summed E-state index contributed by atoms with van der Waals surface area (Å²) in [5, 5.41) is 4.98. The van der Waals surface area contributed by atoms with Crippen molar-refractivity contribution in [3.8, 4) is 0 Å². The van der Waals surface area contributed by atoms with Crippen LogP contribution in [0.5, 0.6) is 0 Å². The van der Waals surface area contributed by atoms with Gasteiger partial charge in [0.05, 0.1) is 11.1 Å². The van der Waals surface area contributed by atoms with E-state index in [9.17, 15) is 0 Å². The van der Waals surface area contributed by atoms with Crippen molar-refractivity contribution in [1.82, 2.24) is 19.7 Å². The third-order valence-corrected chi connectivity index (χ3v) is 2.82. The first-order chi connectivity index (χ1) is 6.74. The lowest BCUT2D eigenvalue weighted by Gasteiger charge is -1.96. The molecule has 0 unspecified atom stereocenters. The van der Waals surface area contributed by atoms with E-state index in [-0.39, 0.29) is 0 Å². The van der Waals surface area contributed by atoms with E-state index >= 15 is 0 Å². The standard InChI is InChI=1S/C8H7BrN4S/c1-13-4-6(3-12-13)14-8-2-7(9)10-5-11-8/h2-5H,1H3. The first-order valence-corrected chi connectivity index (χ1v) is 5.49. The van der Waals surface area contributed by atoms with Gasteiger partial charge in [-0.2, -0.15) is 5.10 Å². The third kappa shape index (κ3) is 2.33. The van der Waals surface area contributed by atoms with Crippen molar-refractivity contribution in [2.45, 2.75) is 9.92 Å². The average Bonchev–Trinajstić information content (AvgIpc) is 2.51. The summed E-state index contributed by atoms with van der Waals surface area (Å²) in [7, 11) is 1.89. The van der Waals surface area contributed by atoms with Gasteiger partial charge in [-0.3, -0.25) is 4.68 Å². The van der Waals surface area contributed by atoms with Crippen LogP contribution in [0.15, 0.2) is 39.3 Å². The topological polar surface area (TPSA) is 43.6 Å². The van der Waals surface area contributed by atoms with Gasteiger partial charge in [-0.25, -0.2) is 9.97 Å². The van der Waals surface area contributed by atoms with Crippen molar-refractivity contribution in [3.05, 3.63) is 29.4 Å². The Morgan fingerprint density at radius 2 is 2.29 bits per heavy atom. The maximum atomic E-state index is 4.13. The monoisotopic (exact) mass is 270 g/mol. The smallest absolute Gasteiger partial charge is 0.118 e. The SMILES string of the molecule is Cn1cc(Sc2cc(Br)ncn2)cn1. The fourth-order valence-corrected chi connectivity index (χ4v) is 2.22. The lowest BCUT2D eigenvalue weighted by Crippen LogP contribution is -1.84. The summed E-state index contributed by atoms with van der Waals surface area (Å²) >= 11 is 4.85. The fourth-order valence-electron chi connectivity index (χ4n) is 0.945. The molecule has 14 heavy (non-hydrogen) atoms. The van der Waals surface area contributed by atoms with E-state index in [2.05, 4.69) is 31.0 Å². The third-order valence-electron chi connectivity index (χ3n) is 1.51. The van der Waals surface area contributed by atoms with Crippen LogP contribution in [-0.4, -0.2) is 19.7 Å². The van der Waals surface area contributed by atoms with Gasteiger partial charge in [-0.1, -0.05) is 11.8 Å². The summed E-state index contributed by atoms with van der Waals surface area (Å²) in [4.78, 5) is 9.15. The quantitative estimate of drug-likeness (QED) is 0.785. The molecule has 0 atom stereocenters. The molecular weight excluding hydrogens is 264 g/mol. The van der Waals surface area contributed by atoms with Gasteiger partial charge in [-0.05, 0) is 15.9 Å². The van der Waals surface area contributed by atoms with Crippen LogP contribution < -0.4 is 0 Å². The maximum absolute atomic E-state index is 4.13. The van der Waals surface area contributed by atoms with Crippen molar-refractivity contribution in [2.24, 2.45) is 7.05 Å². The van der Waals surface area contributed by atoms with Crippen LogP contribution in [0.3, 0.4) is 0 Å². The summed E-state index contributed by atoms with van der Waals surface area (Å²) in [6, 6.07) is 1.87. The van der Waals surface area contributed by atoms with Gasteiger partial charge in [0.25, 0.3) is 0 Å². The number of nitrogens with zero attached hydrogens (tertiary/aromatic N) is 4. The Morgan fingerprint density at radius 1 is 1.43 bits per heavy atom. The molecule has 0 N–H and O–H groups in total. The highest BCUT2D eigenvalue weighted by molar-refractivity contribution is 9.10. The molecule has 2 rings (SSSR count). The zero-order valence-electron chi connectivity index (χ0n) is 7.38. The van der Waals surface area contributed by atoms with Gasteiger partial charge in [0.15, 0.2) is 0 Å². The Hall–Kier alpha value is -0.880. The van der Waals surface area contributed by atoms with Crippen LogP contribution >= 0.6 is 27.7 Å². The van der Waals surface area contributed by atoms with Crippen LogP contribution in [-0.2, 0) is 7.05 Å². The summed E-state index contributed by atoms with van der Waals surface area (Å²) in [6.07, 6.45) is 5.28. The van der Waals surface area contributed by atoms with Crippen molar-refractivity contribution >= 4 is 27.7 Å². The largest absolute Gasteiger partial charge is 0.275 e. The highest BCUT2D eigenvalue weighted by atomic mass is 79.9. The van der Waals surface area contributed by atoms with Gasteiger partial charge in [-0.15, -0.1) is 0 Å². The first kappa shape index (κ1) is 9.67. The van der Waals surface area contributed by atoms with Gasteiger partial charge in [0, 0.05) is 19.3 Å². The summed E-state index contributed by atoms with van der Waals surface area (Å²) in [6.45, 7) is 0. The number of hydrogen-bond acceptors (Lipinski definition) is 4. The number of hydrogen-bond donors (Lipinski definition) is 0. The molecule has 0 saturated carbocycles. The molecule has 4 nitrogen and oxygen atoms in total. The molecule has 0 spiro atoms. The molecule has 0 aliphatic carbocycles. The average molecular weight is 271 g/mol. The molecule has 2 heterocycles. The molecule has 0 aliphatic rings. The van der Waals surface area contributed by atoms with E-state index in [1.165, 1.54) is 6.33 Å². The lowest BCUT2D eigenvalue weighted by molar-refractivity contribution is 0.766. The number of aromatic nitrogens is 4. The second kappa shape index (κ2) is 4.10. The molecule has 0 radical (unpaired) electrons. The van der Waals surface area contributed by atoms with Crippen LogP contribution in [0.25, 0.3) is 0 Å². The van der Waals surface area contributed by atoms with Crippen molar-refractivity contribution < 1.29 is 0 Å². The van der Waals surface area contributed by atoms with Crippen molar-refractivity contribution in [1.29, 1.82) is 0 Å². The molecule has 72 valence electrons. The summed E-state index contributed by atoms with van der Waals surface area (Å²) in [5.41, 5.74) is 0. The van der Waals surface area contributed by atoms with Crippen LogP contribution in [0.1, 0.15) is 0 Å². The highest BCUT2D eigenvalue weighted by Gasteiger charge is 2.01. The minimum absolute atomic E-state index is 0.791. The van der Waals surface area contributed by atoms with Gasteiger partial charge >= 0.3 is 0 Å². The molecule has 0 bridgehead atoms. The predicted octanol–water partition coefficient (Wildman–Crippen LogP) is 2.12. The number of aryl methyl sites for hydroxylation is 1. The minimum Gasteiger partial charge on any atom is -0.275 e. The fraction of sp³-hybridized carbons (Fsp3) is 0.125. The maximum Gasteiger partial charge on any atom is 0.118 e. The molecule has 6 heteroatoms. The summed E-state index contributed by atoms with van der Waals surface area (Å²) in [5.74, 6) is 0. The Bertz CT molecular complexity index is 442. The number of rotatable bonds is 2. The van der Waals surface area contributed by atoms with E-state index in [1.807, 2.05) is 19.3 Å². The Balaban J connectivity index is 2.18. The zero-order valence-corrected chi connectivity index (χ0v) is 9.79. The molecular formula is C8H7BrN4S.